The fraction of sp³-hybridized carbons (Fsp3) is 0.385. The van der Waals surface area contributed by atoms with Crippen LogP contribution in [0.15, 0.2) is 30.3 Å². The van der Waals surface area contributed by atoms with Crippen LogP contribution < -0.4 is 0 Å². The average molecular weight is 228 g/mol. The standard InChI is InChI=1S/C13H15F3/c1-3-4-10(2)12-7-5-11(6-8-12)9-13(14,15)16/h4-8H,3,9H2,1-2H3/b10-4+. The zero-order valence-electron chi connectivity index (χ0n) is 9.43. The van der Waals surface area contributed by atoms with Gasteiger partial charge in [-0.25, -0.2) is 0 Å². The monoisotopic (exact) mass is 228 g/mol. The summed E-state index contributed by atoms with van der Waals surface area (Å²) >= 11 is 0. The molecular formula is C13H15F3. The predicted molar refractivity (Wildman–Crippen MR) is 60.1 cm³/mol. The van der Waals surface area contributed by atoms with Crippen molar-refractivity contribution in [1.29, 1.82) is 0 Å². The number of hydrogen-bond acceptors (Lipinski definition) is 0. The molecule has 3 heteroatoms. The molecule has 0 atom stereocenters. The fourth-order valence-corrected chi connectivity index (χ4v) is 1.54. The van der Waals surface area contributed by atoms with Crippen molar-refractivity contribution in [2.75, 3.05) is 0 Å². The molecule has 0 nitrogen and oxygen atoms in total. The van der Waals surface area contributed by atoms with E-state index in [1.54, 1.807) is 12.1 Å². The Morgan fingerprint density at radius 2 is 1.75 bits per heavy atom. The summed E-state index contributed by atoms with van der Waals surface area (Å²) in [6, 6.07) is 6.55. The van der Waals surface area contributed by atoms with E-state index in [-0.39, 0.29) is 0 Å². The van der Waals surface area contributed by atoms with Crippen LogP contribution in [-0.2, 0) is 6.42 Å². The molecule has 1 aromatic rings. The van der Waals surface area contributed by atoms with Crippen LogP contribution in [0.4, 0.5) is 13.2 Å². The van der Waals surface area contributed by atoms with Crippen molar-refractivity contribution in [2.24, 2.45) is 0 Å². The molecule has 0 spiro atoms. The summed E-state index contributed by atoms with van der Waals surface area (Å²) in [5.74, 6) is 0. The Morgan fingerprint density at radius 1 is 1.19 bits per heavy atom. The second-order valence-corrected chi connectivity index (χ2v) is 3.78. The highest BCUT2D eigenvalue weighted by atomic mass is 19.4. The van der Waals surface area contributed by atoms with E-state index >= 15 is 0 Å². The molecule has 0 radical (unpaired) electrons. The molecule has 0 saturated carbocycles. The first-order valence-corrected chi connectivity index (χ1v) is 5.25. The SMILES string of the molecule is CC/C=C(\C)c1ccc(CC(F)(F)F)cc1. The van der Waals surface area contributed by atoms with Crippen molar-refractivity contribution in [2.45, 2.75) is 32.9 Å². The van der Waals surface area contributed by atoms with Crippen molar-refractivity contribution >= 4 is 5.57 Å². The van der Waals surface area contributed by atoms with Gasteiger partial charge in [0.05, 0.1) is 6.42 Å². The Labute approximate surface area is 93.8 Å². The highest BCUT2D eigenvalue weighted by molar-refractivity contribution is 5.63. The minimum absolute atomic E-state index is 0.306. The molecule has 0 heterocycles. The maximum Gasteiger partial charge on any atom is 0.393 e. The van der Waals surface area contributed by atoms with Gasteiger partial charge in [0.25, 0.3) is 0 Å². The summed E-state index contributed by atoms with van der Waals surface area (Å²) in [5.41, 5.74) is 2.38. The van der Waals surface area contributed by atoms with E-state index in [2.05, 4.69) is 6.08 Å². The van der Waals surface area contributed by atoms with E-state index in [1.165, 1.54) is 12.1 Å². The molecule has 16 heavy (non-hydrogen) atoms. The van der Waals surface area contributed by atoms with E-state index in [4.69, 9.17) is 0 Å². The van der Waals surface area contributed by atoms with E-state index in [0.717, 1.165) is 17.6 Å². The summed E-state index contributed by atoms with van der Waals surface area (Å²) in [5, 5.41) is 0. The van der Waals surface area contributed by atoms with Crippen molar-refractivity contribution in [3.63, 3.8) is 0 Å². The van der Waals surface area contributed by atoms with Gasteiger partial charge >= 0.3 is 6.18 Å². The topological polar surface area (TPSA) is 0 Å². The van der Waals surface area contributed by atoms with Gasteiger partial charge in [-0.1, -0.05) is 37.3 Å². The molecular weight excluding hydrogens is 213 g/mol. The third kappa shape index (κ3) is 4.09. The lowest BCUT2D eigenvalue weighted by Crippen LogP contribution is -2.11. The van der Waals surface area contributed by atoms with Gasteiger partial charge in [0.15, 0.2) is 0 Å². The van der Waals surface area contributed by atoms with Gasteiger partial charge in [-0.3, -0.25) is 0 Å². The van der Waals surface area contributed by atoms with Gasteiger partial charge in [-0.05, 0) is 30.0 Å². The van der Waals surface area contributed by atoms with Crippen LogP contribution >= 0.6 is 0 Å². The summed E-state index contributed by atoms with van der Waals surface area (Å²) in [6.45, 7) is 3.99. The maximum absolute atomic E-state index is 12.1. The Balaban J connectivity index is 2.79. The number of benzene rings is 1. The molecule has 0 fully saturated rings. The lowest BCUT2D eigenvalue weighted by molar-refractivity contribution is -0.127. The minimum atomic E-state index is -4.13. The number of halogens is 3. The van der Waals surface area contributed by atoms with Gasteiger partial charge in [0.1, 0.15) is 0 Å². The highest BCUT2D eigenvalue weighted by Gasteiger charge is 2.27. The van der Waals surface area contributed by atoms with Gasteiger partial charge in [-0.15, -0.1) is 0 Å². The molecule has 0 aliphatic heterocycles. The zero-order chi connectivity index (χ0) is 12.2. The lowest BCUT2D eigenvalue weighted by atomic mass is 10.0. The van der Waals surface area contributed by atoms with Gasteiger partial charge < -0.3 is 0 Å². The van der Waals surface area contributed by atoms with Crippen LogP contribution in [0.2, 0.25) is 0 Å². The highest BCUT2D eigenvalue weighted by Crippen LogP contribution is 2.22. The number of hydrogen-bond donors (Lipinski definition) is 0. The van der Waals surface area contributed by atoms with E-state index in [9.17, 15) is 13.2 Å². The van der Waals surface area contributed by atoms with Crippen LogP contribution in [0.5, 0.6) is 0 Å². The van der Waals surface area contributed by atoms with Crippen LogP contribution in [0.1, 0.15) is 31.4 Å². The second kappa shape index (κ2) is 5.19. The summed E-state index contributed by atoms with van der Waals surface area (Å²) in [4.78, 5) is 0. The normalized spacial score (nSPS) is 12.9. The molecule has 0 unspecified atom stereocenters. The molecule has 0 N–H and O–H groups in total. The van der Waals surface area contributed by atoms with E-state index < -0.39 is 12.6 Å². The largest absolute Gasteiger partial charge is 0.393 e. The molecule has 1 aromatic carbocycles. The number of allylic oxidation sites excluding steroid dienone is 2. The third-order valence-electron chi connectivity index (χ3n) is 2.32. The maximum atomic E-state index is 12.1. The van der Waals surface area contributed by atoms with Gasteiger partial charge in [0, 0.05) is 0 Å². The second-order valence-electron chi connectivity index (χ2n) is 3.78. The Kier molecular flexibility index (Phi) is 4.16. The minimum Gasteiger partial charge on any atom is -0.171 e. The van der Waals surface area contributed by atoms with Crippen LogP contribution in [0, 0.1) is 0 Å². The fourth-order valence-electron chi connectivity index (χ4n) is 1.54. The zero-order valence-corrected chi connectivity index (χ0v) is 9.43. The van der Waals surface area contributed by atoms with Crippen LogP contribution in [-0.4, -0.2) is 6.18 Å². The Bertz CT molecular complexity index is 358. The average Bonchev–Trinajstić information content (AvgIpc) is 2.16. The van der Waals surface area contributed by atoms with Crippen molar-refractivity contribution in [3.05, 3.63) is 41.5 Å². The number of alkyl halides is 3. The first-order chi connectivity index (χ1) is 7.42. The van der Waals surface area contributed by atoms with Gasteiger partial charge in [0.2, 0.25) is 0 Å². The summed E-state index contributed by atoms with van der Waals surface area (Å²) < 4.78 is 36.3. The van der Waals surface area contributed by atoms with Crippen molar-refractivity contribution < 1.29 is 13.2 Å². The van der Waals surface area contributed by atoms with Crippen molar-refractivity contribution in [3.8, 4) is 0 Å². The van der Waals surface area contributed by atoms with Gasteiger partial charge in [-0.2, -0.15) is 13.2 Å². The molecule has 0 aliphatic carbocycles. The van der Waals surface area contributed by atoms with E-state index in [0.29, 0.717) is 5.56 Å². The quantitative estimate of drug-likeness (QED) is 0.709. The molecule has 0 aromatic heterocycles. The third-order valence-corrected chi connectivity index (χ3v) is 2.32. The first kappa shape index (κ1) is 12.8. The number of rotatable bonds is 3. The Hall–Kier alpha value is -1.25. The molecule has 0 amide bonds. The first-order valence-electron chi connectivity index (χ1n) is 5.25. The molecule has 1 rings (SSSR count). The predicted octanol–water partition coefficient (Wildman–Crippen LogP) is 4.60. The van der Waals surface area contributed by atoms with Crippen LogP contribution in [0.3, 0.4) is 0 Å². The molecule has 88 valence electrons. The van der Waals surface area contributed by atoms with Crippen LogP contribution in [0.25, 0.3) is 5.57 Å². The van der Waals surface area contributed by atoms with E-state index in [1.807, 2.05) is 13.8 Å². The lowest BCUT2D eigenvalue weighted by Gasteiger charge is -2.07. The molecule has 0 saturated heterocycles. The van der Waals surface area contributed by atoms with Crippen molar-refractivity contribution in [1.82, 2.24) is 0 Å². The summed E-state index contributed by atoms with van der Waals surface area (Å²) in [7, 11) is 0. The molecule has 0 aliphatic rings. The smallest absolute Gasteiger partial charge is 0.171 e. The molecule has 0 bridgehead atoms. The summed E-state index contributed by atoms with van der Waals surface area (Å²) in [6.07, 6.45) is -2.01. The Morgan fingerprint density at radius 3 is 2.19 bits per heavy atom.